The third-order valence-corrected chi connectivity index (χ3v) is 6.08. The van der Waals surface area contributed by atoms with Crippen LogP contribution in [0.1, 0.15) is 48.0 Å². The number of pyridine rings is 1. The summed E-state index contributed by atoms with van der Waals surface area (Å²) in [5, 5.41) is 3.44. The molecule has 6 nitrogen and oxygen atoms in total. The highest BCUT2D eigenvalue weighted by Crippen LogP contribution is 2.36. The molecule has 160 valence electrons. The molecular weight excluding hydrogens is 408 g/mol. The van der Waals surface area contributed by atoms with Gasteiger partial charge in [0.1, 0.15) is 0 Å². The number of hydrogen-bond donors (Lipinski definition) is 1. The molecule has 1 N–H and O–H groups in total. The molecule has 0 aliphatic carbocycles. The van der Waals surface area contributed by atoms with Gasteiger partial charge in [-0.25, -0.2) is 4.98 Å². The second-order valence-corrected chi connectivity index (χ2v) is 10.2. The smallest absolute Gasteiger partial charge is 0.257 e. The second kappa shape index (κ2) is 8.23. The van der Waals surface area contributed by atoms with Crippen LogP contribution in [0.2, 0.25) is 0 Å². The Labute approximate surface area is 186 Å². The number of nitrogens with zero attached hydrogens (tertiary/aromatic N) is 3. The van der Waals surface area contributed by atoms with Crippen molar-refractivity contribution >= 4 is 34.0 Å². The lowest BCUT2D eigenvalue weighted by molar-refractivity contribution is -0.120. The molecule has 0 fully saturated rings. The summed E-state index contributed by atoms with van der Waals surface area (Å²) >= 11 is 1.45. The van der Waals surface area contributed by atoms with E-state index >= 15 is 0 Å². The number of amides is 2. The molecule has 0 saturated carbocycles. The quantitative estimate of drug-likeness (QED) is 0.620. The standard InChI is InChI=1S/C24H26N4O2S/c1-15-21(26-23(31-15)27-22(30)16-7-10-25-11-8-16)18-5-6-19-17(13-18)9-12-28(19)20(29)14-24(2,3)4/h5-8,10-11,13H,9,12,14H2,1-4H3,(H,26,27,30). The SMILES string of the molecule is Cc1sc(NC(=O)c2ccncc2)nc1-c1ccc2c(c1)CCN2C(=O)CC(C)(C)C. The largest absolute Gasteiger partial charge is 0.312 e. The van der Waals surface area contributed by atoms with E-state index < -0.39 is 0 Å². The van der Waals surface area contributed by atoms with Crippen molar-refractivity contribution in [3.8, 4) is 11.3 Å². The number of aryl methyl sites for hydroxylation is 1. The number of carbonyl (C=O) groups is 2. The Hall–Kier alpha value is -3.06. The fourth-order valence-corrected chi connectivity index (χ4v) is 4.58. The summed E-state index contributed by atoms with van der Waals surface area (Å²) in [6.45, 7) is 8.97. The first kappa shape index (κ1) is 21.2. The lowest BCUT2D eigenvalue weighted by Gasteiger charge is -2.23. The van der Waals surface area contributed by atoms with Crippen LogP contribution in [-0.2, 0) is 11.2 Å². The monoisotopic (exact) mass is 434 g/mol. The number of nitrogens with one attached hydrogen (secondary N) is 1. The highest BCUT2D eigenvalue weighted by molar-refractivity contribution is 7.16. The molecule has 3 aromatic rings. The number of fused-ring (bicyclic) bond motifs is 1. The third-order valence-electron chi connectivity index (χ3n) is 5.19. The number of aromatic nitrogens is 2. The van der Waals surface area contributed by atoms with Gasteiger partial charge in [0, 0.05) is 47.1 Å². The van der Waals surface area contributed by atoms with Gasteiger partial charge in [-0.05, 0) is 48.6 Å². The van der Waals surface area contributed by atoms with Crippen molar-refractivity contribution in [3.63, 3.8) is 0 Å². The predicted molar refractivity (Wildman–Crippen MR) is 125 cm³/mol. The van der Waals surface area contributed by atoms with Crippen molar-refractivity contribution in [2.24, 2.45) is 5.41 Å². The average molecular weight is 435 g/mol. The zero-order chi connectivity index (χ0) is 22.2. The highest BCUT2D eigenvalue weighted by Gasteiger charge is 2.28. The van der Waals surface area contributed by atoms with Gasteiger partial charge in [-0.2, -0.15) is 0 Å². The Kier molecular flexibility index (Phi) is 5.62. The van der Waals surface area contributed by atoms with Gasteiger partial charge < -0.3 is 4.90 Å². The van der Waals surface area contributed by atoms with Crippen LogP contribution < -0.4 is 10.2 Å². The number of anilines is 2. The molecule has 2 amide bonds. The van der Waals surface area contributed by atoms with Crippen molar-refractivity contribution in [1.29, 1.82) is 0 Å². The molecule has 4 rings (SSSR count). The molecule has 0 radical (unpaired) electrons. The Balaban J connectivity index is 1.54. The zero-order valence-corrected chi connectivity index (χ0v) is 19.0. The number of thiazole rings is 1. The third kappa shape index (κ3) is 4.66. The van der Waals surface area contributed by atoms with Crippen molar-refractivity contribution in [1.82, 2.24) is 9.97 Å². The van der Waals surface area contributed by atoms with Crippen LogP contribution >= 0.6 is 11.3 Å². The summed E-state index contributed by atoms with van der Waals surface area (Å²) in [7, 11) is 0. The van der Waals surface area contributed by atoms with E-state index in [-0.39, 0.29) is 17.2 Å². The van der Waals surface area contributed by atoms with E-state index in [1.165, 1.54) is 11.3 Å². The summed E-state index contributed by atoms with van der Waals surface area (Å²) in [6, 6.07) is 9.49. The van der Waals surface area contributed by atoms with Crippen molar-refractivity contribution in [3.05, 3.63) is 58.7 Å². The maximum absolute atomic E-state index is 12.7. The fraction of sp³-hybridized carbons (Fsp3) is 0.333. The van der Waals surface area contributed by atoms with E-state index in [4.69, 9.17) is 0 Å². The van der Waals surface area contributed by atoms with Gasteiger partial charge in [0.15, 0.2) is 5.13 Å². The van der Waals surface area contributed by atoms with E-state index in [1.807, 2.05) is 24.0 Å². The number of hydrogen-bond acceptors (Lipinski definition) is 5. The van der Waals surface area contributed by atoms with E-state index in [0.29, 0.717) is 17.1 Å². The summed E-state index contributed by atoms with van der Waals surface area (Å²) in [5.41, 5.74) is 4.53. The van der Waals surface area contributed by atoms with E-state index in [0.717, 1.165) is 40.4 Å². The zero-order valence-electron chi connectivity index (χ0n) is 18.2. The van der Waals surface area contributed by atoms with Gasteiger partial charge in [-0.1, -0.05) is 26.8 Å². The van der Waals surface area contributed by atoms with Crippen LogP contribution in [0.25, 0.3) is 11.3 Å². The lowest BCUT2D eigenvalue weighted by Crippen LogP contribution is -2.31. The van der Waals surface area contributed by atoms with Crippen LogP contribution in [0, 0.1) is 12.3 Å². The highest BCUT2D eigenvalue weighted by atomic mass is 32.1. The molecule has 0 unspecified atom stereocenters. The van der Waals surface area contributed by atoms with Crippen molar-refractivity contribution in [2.45, 2.75) is 40.5 Å². The van der Waals surface area contributed by atoms with Gasteiger partial charge in [-0.3, -0.25) is 19.9 Å². The van der Waals surface area contributed by atoms with Crippen molar-refractivity contribution < 1.29 is 9.59 Å². The number of carbonyl (C=O) groups excluding carboxylic acids is 2. The van der Waals surface area contributed by atoms with Crippen LogP contribution in [0.3, 0.4) is 0 Å². The van der Waals surface area contributed by atoms with E-state index in [9.17, 15) is 9.59 Å². The molecule has 0 saturated heterocycles. The topological polar surface area (TPSA) is 75.2 Å². The minimum atomic E-state index is -0.204. The first-order chi connectivity index (χ1) is 14.7. The maximum atomic E-state index is 12.7. The molecule has 0 bridgehead atoms. The Morgan fingerprint density at radius 3 is 2.61 bits per heavy atom. The Bertz CT molecular complexity index is 1130. The lowest BCUT2D eigenvalue weighted by atomic mass is 9.91. The first-order valence-electron chi connectivity index (χ1n) is 10.3. The summed E-state index contributed by atoms with van der Waals surface area (Å²) in [6.07, 6.45) is 4.55. The van der Waals surface area contributed by atoms with Gasteiger partial charge in [0.05, 0.1) is 5.69 Å². The second-order valence-electron chi connectivity index (χ2n) is 8.99. The molecule has 1 aliphatic rings. The van der Waals surface area contributed by atoms with E-state index in [2.05, 4.69) is 42.1 Å². The van der Waals surface area contributed by atoms with E-state index in [1.54, 1.807) is 24.5 Å². The van der Waals surface area contributed by atoms with Crippen molar-refractivity contribution in [2.75, 3.05) is 16.8 Å². The van der Waals surface area contributed by atoms with Gasteiger partial charge >= 0.3 is 0 Å². The van der Waals surface area contributed by atoms with Crippen LogP contribution in [-0.4, -0.2) is 28.3 Å². The molecule has 1 aliphatic heterocycles. The molecule has 0 spiro atoms. The normalized spacial score (nSPS) is 13.2. The van der Waals surface area contributed by atoms with Gasteiger partial charge in [0.2, 0.25) is 5.91 Å². The molecule has 1 aromatic carbocycles. The molecule has 31 heavy (non-hydrogen) atoms. The summed E-state index contributed by atoms with van der Waals surface area (Å²) in [4.78, 5) is 36.7. The number of rotatable bonds is 4. The Morgan fingerprint density at radius 1 is 1.16 bits per heavy atom. The first-order valence-corrected chi connectivity index (χ1v) is 11.2. The molecular formula is C24H26N4O2S. The fourth-order valence-electron chi connectivity index (χ4n) is 3.75. The molecule has 0 atom stereocenters. The minimum absolute atomic E-state index is 0.0332. The average Bonchev–Trinajstić information content (AvgIpc) is 3.30. The summed E-state index contributed by atoms with van der Waals surface area (Å²) in [5.74, 6) is -0.0328. The van der Waals surface area contributed by atoms with Crippen LogP contribution in [0.15, 0.2) is 42.7 Å². The number of benzene rings is 1. The predicted octanol–water partition coefficient (Wildman–Crippen LogP) is 5.09. The van der Waals surface area contributed by atoms with Gasteiger partial charge in [0.25, 0.3) is 5.91 Å². The molecule has 7 heteroatoms. The van der Waals surface area contributed by atoms with Gasteiger partial charge in [-0.15, -0.1) is 11.3 Å². The Morgan fingerprint density at radius 2 is 1.90 bits per heavy atom. The minimum Gasteiger partial charge on any atom is -0.312 e. The molecule has 3 heterocycles. The maximum Gasteiger partial charge on any atom is 0.257 e. The van der Waals surface area contributed by atoms with Crippen LogP contribution in [0.5, 0.6) is 0 Å². The molecule has 2 aromatic heterocycles. The van der Waals surface area contributed by atoms with Crippen LogP contribution in [0.4, 0.5) is 10.8 Å². The summed E-state index contributed by atoms with van der Waals surface area (Å²) < 4.78 is 0.